The molecular formula is C23H24N6O3. The minimum atomic E-state index is -0.317. The van der Waals surface area contributed by atoms with E-state index < -0.39 is 0 Å². The first-order chi connectivity index (χ1) is 15.5. The van der Waals surface area contributed by atoms with Gasteiger partial charge in [0.2, 0.25) is 11.8 Å². The van der Waals surface area contributed by atoms with Crippen LogP contribution >= 0.6 is 0 Å². The van der Waals surface area contributed by atoms with Crippen molar-refractivity contribution in [2.75, 3.05) is 45.3 Å². The lowest BCUT2D eigenvalue weighted by atomic mass is 10.1. The predicted octanol–water partition coefficient (Wildman–Crippen LogP) is 2.28. The summed E-state index contributed by atoms with van der Waals surface area (Å²) in [6, 6.07) is 11.9. The molecule has 32 heavy (non-hydrogen) atoms. The van der Waals surface area contributed by atoms with Crippen molar-refractivity contribution in [3.63, 3.8) is 0 Å². The van der Waals surface area contributed by atoms with Crippen LogP contribution in [0.3, 0.4) is 0 Å². The summed E-state index contributed by atoms with van der Waals surface area (Å²) in [5.41, 5.74) is 4.01. The summed E-state index contributed by atoms with van der Waals surface area (Å²) in [6.07, 6.45) is 2.78. The summed E-state index contributed by atoms with van der Waals surface area (Å²) in [5, 5.41) is 8.77. The molecule has 4 rings (SSSR count). The fourth-order valence-electron chi connectivity index (χ4n) is 3.52. The number of nitriles is 1. The number of carbonyl (C=O) groups is 1. The van der Waals surface area contributed by atoms with E-state index in [-0.39, 0.29) is 25.0 Å². The molecule has 3 heterocycles. The number of morpholine rings is 1. The van der Waals surface area contributed by atoms with Gasteiger partial charge in [0.15, 0.2) is 5.52 Å². The maximum atomic E-state index is 12.0. The fraction of sp³-hybridized carbons (Fsp3) is 0.348. The molecular weight excluding hydrogens is 408 g/mol. The van der Waals surface area contributed by atoms with Gasteiger partial charge in [-0.3, -0.25) is 9.78 Å². The van der Waals surface area contributed by atoms with E-state index in [2.05, 4.69) is 9.97 Å². The van der Waals surface area contributed by atoms with Gasteiger partial charge in [0.05, 0.1) is 30.4 Å². The van der Waals surface area contributed by atoms with Crippen LogP contribution in [0.4, 0.5) is 5.69 Å². The van der Waals surface area contributed by atoms with Crippen molar-refractivity contribution in [2.45, 2.75) is 12.5 Å². The minimum absolute atomic E-state index is 0.135. The van der Waals surface area contributed by atoms with E-state index in [9.17, 15) is 4.79 Å². The first-order valence-corrected chi connectivity index (χ1v) is 10.3. The van der Waals surface area contributed by atoms with E-state index in [1.165, 1.54) is 0 Å². The number of carbonyl (C=O) groups excluding carboxylic acids is 1. The molecule has 3 aromatic rings. The molecule has 1 atom stereocenters. The Labute approximate surface area is 186 Å². The number of rotatable bonds is 6. The highest BCUT2D eigenvalue weighted by atomic mass is 16.5. The lowest BCUT2D eigenvalue weighted by Gasteiger charge is -2.32. The van der Waals surface area contributed by atoms with Gasteiger partial charge < -0.3 is 19.3 Å². The molecule has 1 aromatic carbocycles. The highest BCUT2D eigenvalue weighted by Crippen LogP contribution is 2.28. The molecule has 9 nitrogen and oxygen atoms in total. The Kier molecular flexibility index (Phi) is 6.42. The normalized spacial score (nSPS) is 15.9. The van der Waals surface area contributed by atoms with Crippen LogP contribution in [0.15, 0.2) is 42.7 Å². The Hall–Kier alpha value is -3.77. The van der Waals surface area contributed by atoms with Gasteiger partial charge >= 0.3 is 0 Å². The number of hydrogen-bond donors (Lipinski definition) is 0. The van der Waals surface area contributed by atoms with Gasteiger partial charge in [0.25, 0.3) is 0 Å². The second-order valence-corrected chi connectivity index (χ2v) is 7.66. The molecule has 0 bridgehead atoms. The van der Waals surface area contributed by atoms with Crippen molar-refractivity contribution in [2.24, 2.45) is 0 Å². The Morgan fingerprint density at radius 1 is 1.28 bits per heavy atom. The molecule has 2 aromatic heterocycles. The maximum Gasteiger partial charge on any atom is 0.242 e. The van der Waals surface area contributed by atoms with Crippen LogP contribution in [0.25, 0.3) is 22.3 Å². The van der Waals surface area contributed by atoms with Gasteiger partial charge in [-0.05, 0) is 18.2 Å². The van der Waals surface area contributed by atoms with Gasteiger partial charge in [-0.1, -0.05) is 12.1 Å². The molecule has 0 aliphatic carbocycles. The molecule has 0 spiro atoms. The van der Waals surface area contributed by atoms with Crippen molar-refractivity contribution in [3.8, 4) is 23.2 Å². The summed E-state index contributed by atoms with van der Waals surface area (Å²) in [4.78, 5) is 29.2. The van der Waals surface area contributed by atoms with Crippen molar-refractivity contribution in [1.29, 1.82) is 5.26 Å². The molecule has 1 aliphatic heterocycles. The van der Waals surface area contributed by atoms with Gasteiger partial charge in [0, 0.05) is 44.3 Å². The zero-order valence-corrected chi connectivity index (χ0v) is 18.1. The van der Waals surface area contributed by atoms with Crippen molar-refractivity contribution in [1.82, 2.24) is 19.9 Å². The van der Waals surface area contributed by atoms with Crippen molar-refractivity contribution in [3.05, 3.63) is 42.7 Å². The number of anilines is 1. The first-order valence-electron chi connectivity index (χ1n) is 10.3. The fourth-order valence-corrected chi connectivity index (χ4v) is 3.52. The average Bonchev–Trinajstić information content (AvgIpc) is 2.82. The van der Waals surface area contributed by atoms with Gasteiger partial charge in [-0.15, -0.1) is 0 Å². The summed E-state index contributed by atoms with van der Waals surface area (Å²) in [6.45, 7) is 1.45. The van der Waals surface area contributed by atoms with Crippen LogP contribution in [0.2, 0.25) is 0 Å². The zero-order valence-electron chi connectivity index (χ0n) is 18.1. The third-order valence-corrected chi connectivity index (χ3v) is 5.23. The predicted molar refractivity (Wildman–Crippen MR) is 119 cm³/mol. The summed E-state index contributed by atoms with van der Waals surface area (Å²) in [5.74, 6) is 0.171. The molecule has 9 heteroatoms. The number of ether oxygens (including phenoxy) is 2. The molecule has 0 N–H and O–H groups in total. The Bertz CT molecular complexity index is 1140. The SMILES string of the molecule is CN(C)c1ccc(-c2cc3nccnc3c(OC[C@@H]3CN(C(=O)CC#N)CCO3)n2)cc1. The standard InChI is InChI=1S/C23H24N6O3/c1-28(2)17-5-3-16(4-6-17)19-13-20-22(26-10-9-25-20)23(27-19)32-15-18-14-29(11-12-31-18)21(30)7-8-24/h3-6,9-10,13,18H,7,11-12,14-15H2,1-2H3/t18-/m0/s1. The Balaban J connectivity index is 1.55. The van der Waals surface area contributed by atoms with Gasteiger partial charge in [-0.2, -0.15) is 5.26 Å². The maximum absolute atomic E-state index is 12.0. The largest absolute Gasteiger partial charge is 0.473 e. The number of amides is 1. The molecule has 1 fully saturated rings. The average molecular weight is 432 g/mol. The third kappa shape index (κ3) is 4.76. The molecule has 164 valence electrons. The van der Waals surface area contributed by atoms with Crippen LogP contribution < -0.4 is 9.64 Å². The van der Waals surface area contributed by atoms with Crippen molar-refractivity contribution >= 4 is 22.6 Å². The van der Waals surface area contributed by atoms with E-state index >= 15 is 0 Å². The van der Waals surface area contributed by atoms with Crippen LogP contribution in [0, 0.1) is 11.3 Å². The first kappa shape index (κ1) is 21.5. The monoisotopic (exact) mass is 432 g/mol. The summed E-state index contributed by atoms with van der Waals surface area (Å²) >= 11 is 0. The van der Waals surface area contributed by atoms with Crippen LogP contribution in [-0.2, 0) is 9.53 Å². The van der Waals surface area contributed by atoms with Crippen molar-refractivity contribution < 1.29 is 14.3 Å². The third-order valence-electron chi connectivity index (χ3n) is 5.23. The molecule has 0 radical (unpaired) electrons. The number of aromatic nitrogens is 3. The van der Waals surface area contributed by atoms with E-state index in [1.54, 1.807) is 17.3 Å². The quantitative estimate of drug-likeness (QED) is 0.584. The number of nitrogens with zero attached hydrogens (tertiary/aromatic N) is 6. The summed E-state index contributed by atoms with van der Waals surface area (Å²) < 4.78 is 11.8. The van der Waals surface area contributed by atoms with Gasteiger partial charge in [0.1, 0.15) is 19.1 Å². The second kappa shape index (κ2) is 9.58. The number of pyridine rings is 1. The highest BCUT2D eigenvalue weighted by Gasteiger charge is 2.25. The van der Waals surface area contributed by atoms with Crippen LogP contribution in [0.1, 0.15) is 6.42 Å². The van der Waals surface area contributed by atoms with E-state index in [0.29, 0.717) is 36.6 Å². The topological polar surface area (TPSA) is 104 Å². The number of hydrogen-bond acceptors (Lipinski definition) is 8. The van der Waals surface area contributed by atoms with E-state index in [4.69, 9.17) is 19.7 Å². The lowest BCUT2D eigenvalue weighted by molar-refractivity contribution is -0.138. The Morgan fingerprint density at radius 2 is 2.06 bits per heavy atom. The molecule has 1 aliphatic rings. The minimum Gasteiger partial charge on any atom is -0.473 e. The van der Waals surface area contributed by atoms with Crippen LogP contribution in [-0.4, -0.2) is 72.3 Å². The molecule has 1 saturated heterocycles. The van der Waals surface area contributed by atoms with E-state index in [0.717, 1.165) is 16.9 Å². The zero-order chi connectivity index (χ0) is 22.5. The highest BCUT2D eigenvalue weighted by molar-refractivity contribution is 5.83. The lowest BCUT2D eigenvalue weighted by Crippen LogP contribution is -2.47. The molecule has 0 saturated carbocycles. The van der Waals surface area contributed by atoms with Gasteiger partial charge in [-0.25, -0.2) is 9.97 Å². The summed E-state index contributed by atoms with van der Waals surface area (Å²) in [7, 11) is 3.99. The molecule has 1 amide bonds. The Morgan fingerprint density at radius 3 is 2.81 bits per heavy atom. The number of fused-ring (bicyclic) bond motifs is 1. The second-order valence-electron chi connectivity index (χ2n) is 7.66. The van der Waals surface area contributed by atoms with Crippen LogP contribution in [0.5, 0.6) is 5.88 Å². The molecule has 0 unspecified atom stereocenters. The number of benzene rings is 1. The van der Waals surface area contributed by atoms with E-state index in [1.807, 2.05) is 55.4 Å². The smallest absolute Gasteiger partial charge is 0.242 e.